The molecule has 0 saturated heterocycles. The standard InChI is InChI=1S/C13H24O/c1-2-3-4-5-6-7-8-9-10-11-12-13-14/h10-11,13H,2-9,12H2,1H3. The van der Waals surface area contributed by atoms with E-state index >= 15 is 0 Å². The summed E-state index contributed by atoms with van der Waals surface area (Å²) in [5.74, 6) is 0. The van der Waals surface area contributed by atoms with Gasteiger partial charge in [-0.2, -0.15) is 0 Å². The van der Waals surface area contributed by atoms with E-state index in [9.17, 15) is 4.79 Å². The number of hydrogen-bond donors (Lipinski definition) is 0. The van der Waals surface area contributed by atoms with Crippen molar-refractivity contribution >= 4 is 6.29 Å². The van der Waals surface area contributed by atoms with E-state index in [0.717, 1.165) is 12.7 Å². The van der Waals surface area contributed by atoms with Crippen LogP contribution in [0.2, 0.25) is 0 Å². The number of aldehydes is 1. The van der Waals surface area contributed by atoms with E-state index in [4.69, 9.17) is 0 Å². The molecule has 0 unspecified atom stereocenters. The third-order valence-corrected chi connectivity index (χ3v) is 2.37. The molecule has 0 saturated carbocycles. The van der Waals surface area contributed by atoms with Gasteiger partial charge in [0, 0.05) is 6.42 Å². The van der Waals surface area contributed by atoms with Crippen molar-refractivity contribution in [3.8, 4) is 0 Å². The van der Waals surface area contributed by atoms with Crippen molar-refractivity contribution in [1.82, 2.24) is 0 Å². The van der Waals surface area contributed by atoms with E-state index in [1.54, 1.807) is 0 Å². The third kappa shape index (κ3) is 11.4. The minimum atomic E-state index is 0.580. The van der Waals surface area contributed by atoms with Gasteiger partial charge in [0.2, 0.25) is 0 Å². The smallest absolute Gasteiger partial charge is 0.123 e. The lowest BCUT2D eigenvalue weighted by atomic mass is 10.1. The molecule has 14 heavy (non-hydrogen) atoms. The molecule has 0 amide bonds. The fraction of sp³-hybridized carbons (Fsp3) is 0.769. The first-order chi connectivity index (χ1) is 6.91. The van der Waals surface area contributed by atoms with Crippen LogP contribution in [-0.4, -0.2) is 6.29 Å². The maximum atomic E-state index is 9.99. The molecule has 0 aromatic carbocycles. The summed E-state index contributed by atoms with van der Waals surface area (Å²) >= 11 is 0. The maximum absolute atomic E-state index is 9.99. The van der Waals surface area contributed by atoms with Crippen molar-refractivity contribution in [3.05, 3.63) is 12.2 Å². The molecule has 0 heterocycles. The molecule has 0 bridgehead atoms. The highest BCUT2D eigenvalue weighted by Crippen LogP contribution is 2.08. The number of rotatable bonds is 10. The van der Waals surface area contributed by atoms with Gasteiger partial charge in [-0.3, -0.25) is 0 Å². The summed E-state index contributed by atoms with van der Waals surface area (Å²) in [6, 6.07) is 0. The fourth-order valence-corrected chi connectivity index (χ4v) is 1.49. The zero-order chi connectivity index (χ0) is 10.5. The van der Waals surface area contributed by atoms with Gasteiger partial charge in [0.05, 0.1) is 0 Å². The number of unbranched alkanes of at least 4 members (excludes halogenated alkanes) is 7. The third-order valence-electron chi connectivity index (χ3n) is 2.37. The van der Waals surface area contributed by atoms with Gasteiger partial charge in [-0.25, -0.2) is 0 Å². The first-order valence-electron chi connectivity index (χ1n) is 6.00. The Bertz CT molecular complexity index is 138. The molecular weight excluding hydrogens is 172 g/mol. The molecule has 0 aliphatic rings. The summed E-state index contributed by atoms with van der Waals surface area (Å²) in [6.07, 6.45) is 16.3. The van der Waals surface area contributed by atoms with E-state index in [1.807, 2.05) is 6.08 Å². The van der Waals surface area contributed by atoms with Crippen LogP contribution < -0.4 is 0 Å². The highest BCUT2D eigenvalue weighted by Gasteiger charge is 1.88. The molecule has 1 heteroatoms. The first-order valence-corrected chi connectivity index (χ1v) is 6.00. The van der Waals surface area contributed by atoms with Gasteiger partial charge in [-0.05, 0) is 12.8 Å². The predicted octanol–water partition coefficient (Wildman–Crippen LogP) is 4.27. The lowest BCUT2D eigenvalue weighted by molar-refractivity contribution is -0.107. The van der Waals surface area contributed by atoms with E-state index in [0.29, 0.717) is 6.42 Å². The first kappa shape index (κ1) is 13.4. The summed E-state index contributed by atoms with van der Waals surface area (Å²) in [5.41, 5.74) is 0. The van der Waals surface area contributed by atoms with Crippen LogP contribution in [0, 0.1) is 0 Å². The molecule has 0 rings (SSSR count). The van der Waals surface area contributed by atoms with Crippen LogP contribution in [-0.2, 0) is 4.79 Å². The fourth-order valence-electron chi connectivity index (χ4n) is 1.49. The topological polar surface area (TPSA) is 17.1 Å². The van der Waals surface area contributed by atoms with Crippen LogP contribution in [0.3, 0.4) is 0 Å². The van der Waals surface area contributed by atoms with E-state index in [-0.39, 0.29) is 0 Å². The van der Waals surface area contributed by atoms with Crippen molar-refractivity contribution in [2.24, 2.45) is 0 Å². The molecule has 0 aliphatic heterocycles. The molecule has 0 aromatic heterocycles. The Hall–Kier alpha value is -0.590. The van der Waals surface area contributed by atoms with Crippen molar-refractivity contribution in [2.45, 2.75) is 64.7 Å². The van der Waals surface area contributed by atoms with Gasteiger partial charge in [-0.15, -0.1) is 0 Å². The Morgan fingerprint density at radius 1 is 0.857 bits per heavy atom. The van der Waals surface area contributed by atoms with E-state index in [1.165, 1.54) is 44.9 Å². The zero-order valence-corrected chi connectivity index (χ0v) is 9.50. The SMILES string of the molecule is CCCCCCCCCC=CCC=O. The zero-order valence-electron chi connectivity index (χ0n) is 9.50. The minimum Gasteiger partial charge on any atom is -0.303 e. The average molecular weight is 196 g/mol. The lowest BCUT2D eigenvalue weighted by Crippen LogP contribution is -1.79. The Morgan fingerprint density at radius 2 is 1.50 bits per heavy atom. The average Bonchev–Trinajstić information content (AvgIpc) is 2.21. The van der Waals surface area contributed by atoms with Gasteiger partial charge in [0.25, 0.3) is 0 Å². The molecule has 0 aliphatic carbocycles. The predicted molar refractivity (Wildman–Crippen MR) is 62.4 cm³/mol. The molecule has 0 N–H and O–H groups in total. The quantitative estimate of drug-likeness (QED) is 0.290. The van der Waals surface area contributed by atoms with Gasteiger partial charge >= 0.3 is 0 Å². The molecule has 0 spiro atoms. The van der Waals surface area contributed by atoms with Crippen molar-refractivity contribution < 1.29 is 4.79 Å². The molecule has 1 nitrogen and oxygen atoms in total. The van der Waals surface area contributed by atoms with Gasteiger partial charge in [0.1, 0.15) is 6.29 Å². The number of carbonyl (C=O) groups is 1. The molecule has 0 fully saturated rings. The number of hydrogen-bond acceptors (Lipinski definition) is 1. The minimum absolute atomic E-state index is 0.580. The Labute approximate surface area is 88.6 Å². The summed E-state index contributed by atoms with van der Waals surface area (Å²) in [4.78, 5) is 9.99. The largest absolute Gasteiger partial charge is 0.303 e. The normalized spacial score (nSPS) is 10.9. The monoisotopic (exact) mass is 196 g/mol. The Morgan fingerprint density at radius 3 is 2.14 bits per heavy atom. The molecule has 82 valence electrons. The number of carbonyl (C=O) groups excluding carboxylic acids is 1. The maximum Gasteiger partial charge on any atom is 0.123 e. The molecule has 0 radical (unpaired) electrons. The van der Waals surface area contributed by atoms with Crippen LogP contribution in [0.25, 0.3) is 0 Å². The summed E-state index contributed by atoms with van der Waals surface area (Å²) in [5, 5.41) is 0. The van der Waals surface area contributed by atoms with Crippen molar-refractivity contribution in [2.75, 3.05) is 0 Å². The highest BCUT2D eigenvalue weighted by molar-refractivity contribution is 5.51. The molecular formula is C13H24O. The van der Waals surface area contributed by atoms with E-state index in [2.05, 4.69) is 13.0 Å². The van der Waals surface area contributed by atoms with Crippen LogP contribution in [0.5, 0.6) is 0 Å². The summed E-state index contributed by atoms with van der Waals surface area (Å²) < 4.78 is 0. The second kappa shape index (κ2) is 12.4. The van der Waals surface area contributed by atoms with Crippen LogP contribution in [0.1, 0.15) is 64.7 Å². The van der Waals surface area contributed by atoms with Gasteiger partial charge < -0.3 is 4.79 Å². The van der Waals surface area contributed by atoms with Crippen LogP contribution in [0.4, 0.5) is 0 Å². The molecule has 0 aromatic rings. The second-order valence-corrected chi connectivity index (χ2v) is 3.78. The van der Waals surface area contributed by atoms with Crippen molar-refractivity contribution in [1.29, 1.82) is 0 Å². The van der Waals surface area contributed by atoms with Crippen molar-refractivity contribution in [3.63, 3.8) is 0 Å². The van der Waals surface area contributed by atoms with E-state index < -0.39 is 0 Å². The summed E-state index contributed by atoms with van der Waals surface area (Å²) in [6.45, 7) is 2.25. The van der Waals surface area contributed by atoms with Gasteiger partial charge in [-0.1, -0.05) is 57.6 Å². The van der Waals surface area contributed by atoms with Gasteiger partial charge in [0.15, 0.2) is 0 Å². The number of allylic oxidation sites excluding steroid dienone is 2. The van der Waals surface area contributed by atoms with Crippen LogP contribution in [0.15, 0.2) is 12.2 Å². The second-order valence-electron chi connectivity index (χ2n) is 3.78. The Balaban J connectivity index is 2.95. The summed E-state index contributed by atoms with van der Waals surface area (Å²) in [7, 11) is 0. The Kier molecular flexibility index (Phi) is 11.9. The lowest BCUT2D eigenvalue weighted by Gasteiger charge is -1.98. The van der Waals surface area contributed by atoms with Crippen LogP contribution >= 0.6 is 0 Å². The molecule has 0 atom stereocenters. The highest BCUT2D eigenvalue weighted by atomic mass is 16.1.